The Morgan fingerprint density at radius 2 is 1.86 bits per heavy atom. The highest BCUT2D eigenvalue weighted by atomic mass is 32.2. The quantitative estimate of drug-likeness (QED) is 0.894. The second kappa shape index (κ2) is 5.25. The Morgan fingerprint density at radius 3 is 2.43 bits per heavy atom. The van der Waals surface area contributed by atoms with Gasteiger partial charge in [0.1, 0.15) is 0 Å². The van der Waals surface area contributed by atoms with Crippen LogP contribution in [-0.2, 0) is 17.1 Å². The Kier molecular flexibility index (Phi) is 3.78. The lowest BCUT2D eigenvalue weighted by atomic mass is 10.0. The van der Waals surface area contributed by atoms with Gasteiger partial charge in [-0.3, -0.25) is 9.52 Å². The van der Waals surface area contributed by atoms with Gasteiger partial charge in [-0.05, 0) is 30.2 Å². The van der Waals surface area contributed by atoms with Crippen molar-refractivity contribution in [2.24, 2.45) is 7.05 Å². The number of rotatable bonds is 3. The summed E-state index contributed by atoms with van der Waals surface area (Å²) in [4.78, 5) is 11.6. The molecule has 0 aliphatic heterocycles. The molecule has 0 amide bonds. The molecule has 0 radical (unpaired) electrons. The third-order valence-electron chi connectivity index (χ3n) is 3.08. The van der Waals surface area contributed by atoms with Crippen LogP contribution < -0.4 is 16.0 Å². The Hall–Kier alpha value is -2.28. The van der Waals surface area contributed by atoms with Gasteiger partial charge in [0.15, 0.2) is 0 Å². The van der Waals surface area contributed by atoms with Crippen LogP contribution in [0.5, 0.6) is 0 Å². The van der Waals surface area contributed by atoms with E-state index in [0.717, 1.165) is 22.9 Å². The maximum atomic E-state index is 11.6. The van der Waals surface area contributed by atoms with Gasteiger partial charge in [-0.1, -0.05) is 12.1 Å². The Bertz CT molecular complexity index is 828. The predicted molar refractivity (Wildman–Crippen MR) is 84.7 cm³/mol. The first-order valence-electron chi connectivity index (χ1n) is 6.22. The summed E-state index contributed by atoms with van der Waals surface area (Å²) in [5, 5.41) is 0. The molecule has 0 atom stereocenters. The van der Waals surface area contributed by atoms with E-state index in [4.69, 9.17) is 5.73 Å². The van der Waals surface area contributed by atoms with Gasteiger partial charge in [0.2, 0.25) is 10.0 Å². The fourth-order valence-corrected chi connectivity index (χ4v) is 2.63. The van der Waals surface area contributed by atoms with Crippen molar-refractivity contribution in [2.75, 3.05) is 16.7 Å². The molecule has 0 bridgehead atoms. The van der Waals surface area contributed by atoms with Crippen LogP contribution in [0.1, 0.15) is 5.56 Å². The molecule has 112 valence electrons. The summed E-state index contributed by atoms with van der Waals surface area (Å²) in [6.45, 7) is 1.81. The van der Waals surface area contributed by atoms with Crippen molar-refractivity contribution in [1.82, 2.24) is 4.57 Å². The normalized spacial score (nSPS) is 11.4. The van der Waals surface area contributed by atoms with Gasteiger partial charge in [0.25, 0.3) is 5.56 Å². The second-order valence-corrected chi connectivity index (χ2v) is 6.75. The number of sulfonamides is 1. The van der Waals surface area contributed by atoms with E-state index in [1.165, 1.54) is 4.57 Å². The molecule has 2 aromatic rings. The van der Waals surface area contributed by atoms with Crippen LogP contribution >= 0.6 is 0 Å². The summed E-state index contributed by atoms with van der Waals surface area (Å²) in [5.74, 6) is 0. The first kappa shape index (κ1) is 15.1. The molecule has 0 fully saturated rings. The summed E-state index contributed by atoms with van der Waals surface area (Å²) in [7, 11) is -1.73. The van der Waals surface area contributed by atoms with Crippen LogP contribution in [0, 0.1) is 6.92 Å². The van der Waals surface area contributed by atoms with Crippen LogP contribution in [0.2, 0.25) is 0 Å². The van der Waals surface area contributed by atoms with Gasteiger partial charge < -0.3 is 10.3 Å². The number of hydrogen-bond donors (Lipinski definition) is 2. The van der Waals surface area contributed by atoms with Crippen molar-refractivity contribution in [3.05, 3.63) is 46.4 Å². The molecule has 2 rings (SSSR count). The lowest BCUT2D eigenvalue weighted by Gasteiger charge is -2.11. The number of nitrogens with one attached hydrogen (secondary N) is 1. The Balaban J connectivity index is 2.56. The van der Waals surface area contributed by atoms with E-state index in [0.29, 0.717) is 5.69 Å². The van der Waals surface area contributed by atoms with E-state index in [1.807, 2.05) is 19.1 Å². The van der Waals surface area contributed by atoms with Crippen molar-refractivity contribution >= 4 is 21.4 Å². The predicted octanol–water partition coefficient (Wildman–Crippen LogP) is 1.31. The minimum absolute atomic E-state index is 0.146. The molecule has 6 nitrogen and oxygen atoms in total. The van der Waals surface area contributed by atoms with Crippen molar-refractivity contribution < 1.29 is 8.42 Å². The topological polar surface area (TPSA) is 94.2 Å². The minimum atomic E-state index is -3.35. The highest BCUT2D eigenvalue weighted by molar-refractivity contribution is 7.92. The lowest BCUT2D eigenvalue weighted by molar-refractivity contribution is 0.607. The monoisotopic (exact) mass is 307 g/mol. The molecule has 0 unspecified atom stereocenters. The van der Waals surface area contributed by atoms with E-state index < -0.39 is 10.0 Å². The highest BCUT2D eigenvalue weighted by Crippen LogP contribution is 2.26. The Labute approximate surface area is 123 Å². The summed E-state index contributed by atoms with van der Waals surface area (Å²) in [5.41, 5.74) is 8.39. The number of hydrogen-bond acceptors (Lipinski definition) is 4. The van der Waals surface area contributed by atoms with Crippen molar-refractivity contribution in [1.29, 1.82) is 0 Å². The van der Waals surface area contributed by atoms with E-state index in [1.54, 1.807) is 25.4 Å². The molecule has 21 heavy (non-hydrogen) atoms. The van der Waals surface area contributed by atoms with Crippen LogP contribution in [0.4, 0.5) is 11.4 Å². The van der Waals surface area contributed by atoms with Crippen LogP contribution in [0.25, 0.3) is 11.1 Å². The van der Waals surface area contributed by atoms with Crippen LogP contribution in [-0.4, -0.2) is 19.2 Å². The first-order valence-corrected chi connectivity index (χ1v) is 8.11. The molecule has 7 heteroatoms. The minimum Gasteiger partial charge on any atom is -0.394 e. The molecule has 3 N–H and O–H groups in total. The number of aryl methyl sites for hydroxylation is 2. The molecule has 0 spiro atoms. The zero-order valence-electron chi connectivity index (χ0n) is 12.0. The fourth-order valence-electron chi connectivity index (χ4n) is 2.01. The van der Waals surface area contributed by atoms with Gasteiger partial charge in [-0.15, -0.1) is 0 Å². The van der Waals surface area contributed by atoms with E-state index in [9.17, 15) is 13.2 Å². The number of nitrogens with two attached hydrogens (primary N) is 1. The van der Waals surface area contributed by atoms with E-state index in [2.05, 4.69) is 4.72 Å². The first-order chi connectivity index (χ1) is 9.67. The highest BCUT2D eigenvalue weighted by Gasteiger charge is 2.09. The number of nitrogens with zero attached hydrogens (tertiary/aromatic N) is 1. The van der Waals surface area contributed by atoms with Gasteiger partial charge in [0.05, 0.1) is 17.6 Å². The van der Waals surface area contributed by atoms with Gasteiger partial charge in [0, 0.05) is 18.8 Å². The molecule has 1 aromatic heterocycles. The molecular formula is C14H17N3O3S. The maximum absolute atomic E-state index is 11.6. The van der Waals surface area contributed by atoms with Crippen molar-refractivity contribution in [2.45, 2.75) is 6.92 Å². The SMILES string of the molecule is Cc1ccc(-c2cc(N)c(=O)n(C)c2)cc1NS(C)(=O)=O. The maximum Gasteiger partial charge on any atom is 0.273 e. The van der Waals surface area contributed by atoms with Crippen LogP contribution in [0.3, 0.4) is 0 Å². The zero-order valence-corrected chi connectivity index (χ0v) is 12.9. The van der Waals surface area contributed by atoms with Gasteiger partial charge in [-0.25, -0.2) is 8.42 Å². The molecule has 0 saturated carbocycles. The Morgan fingerprint density at radius 1 is 1.19 bits per heavy atom. The third kappa shape index (κ3) is 3.43. The van der Waals surface area contributed by atoms with E-state index >= 15 is 0 Å². The smallest absolute Gasteiger partial charge is 0.273 e. The molecule has 0 aliphatic carbocycles. The lowest BCUT2D eigenvalue weighted by Crippen LogP contribution is -2.19. The van der Waals surface area contributed by atoms with Gasteiger partial charge in [-0.2, -0.15) is 0 Å². The number of pyridine rings is 1. The summed E-state index contributed by atoms with van der Waals surface area (Å²) in [6, 6.07) is 6.96. The average molecular weight is 307 g/mol. The van der Waals surface area contributed by atoms with Crippen LogP contribution in [0.15, 0.2) is 35.3 Å². The average Bonchev–Trinajstić information content (AvgIpc) is 2.36. The summed E-state index contributed by atoms with van der Waals surface area (Å²) in [6.07, 6.45) is 2.76. The fraction of sp³-hybridized carbons (Fsp3) is 0.214. The summed E-state index contributed by atoms with van der Waals surface area (Å²) >= 11 is 0. The molecule has 0 saturated heterocycles. The van der Waals surface area contributed by atoms with Crippen molar-refractivity contribution in [3.8, 4) is 11.1 Å². The second-order valence-electron chi connectivity index (χ2n) is 5.00. The van der Waals surface area contributed by atoms with E-state index in [-0.39, 0.29) is 11.2 Å². The van der Waals surface area contributed by atoms with Gasteiger partial charge >= 0.3 is 0 Å². The van der Waals surface area contributed by atoms with Crippen molar-refractivity contribution in [3.63, 3.8) is 0 Å². The molecular weight excluding hydrogens is 290 g/mol. The molecule has 1 heterocycles. The third-order valence-corrected chi connectivity index (χ3v) is 3.67. The number of anilines is 2. The number of aromatic nitrogens is 1. The number of nitrogen functional groups attached to an aromatic ring is 1. The zero-order chi connectivity index (χ0) is 15.8. The standard InChI is InChI=1S/C14H17N3O3S/c1-9-4-5-10(7-13(9)16-21(3,19)20)11-6-12(15)14(18)17(2)8-11/h4-8,16H,15H2,1-3H3. The molecule has 1 aromatic carbocycles. The largest absolute Gasteiger partial charge is 0.394 e. The molecule has 0 aliphatic rings. The summed E-state index contributed by atoms with van der Waals surface area (Å²) < 4.78 is 26.6. The number of benzene rings is 1.